The normalized spacial score (nSPS) is 18.1. The molecule has 1 heterocycles. The third-order valence-corrected chi connectivity index (χ3v) is 7.71. The molecule has 4 aromatic rings. The number of phenolic OH excluding ortho intramolecular Hbond substituents is 1. The minimum atomic E-state index is -0.727. The van der Waals surface area contributed by atoms with Gasteiger partial charge in [0.15, 0.2) is 0 Å². The van der Waals surface area contributed by atoms with E-state index < -0.39 is 6.10 Å². The van der Waals surface area contributed by atoms with E-state index in [1.165, 1.54) is 12.1 Å². The van der Waals surface area contributed by atoms with Gasteiger partial charge in [-0.1, -0.05) is 78.9 Å². The number of halogens is 1. The van der Waals surface area contributed by atoms with Crippen molar-refractivity contribution in [3.05, 3.63) is 120 Å². The zero-order chi connectivity index (χ0) is 26.6. The molecular weight excluding hydrogens is 497 g/mol. The van der Waals surface area contributed by atoms with E-state index in [2.05, 4.69) is 41.3 Å². The van der Waals surface area contributed by atoms with Crippen LogP contribution in [0.5, 0.6) is 5.75 Å². The van der Waals surface area contributed by atoms with E-state index in [9.17, 15) is 19.7 Å². The third kappa shape index (κ3) is 5.48. The maximum atomic E-state index is 13.3. The summed E-state index contributed by atoms with van der Waals surface area (Å²) in [4.78, 5) is 2.88. The minimum Gasteiger partial charge on any atom is -0.508 e. The SMILES string of the molecule is OCc1ccc([C@@H]2[C@H](CCC(O)c3ccc(F)cc3)CC(=S)N2c2ccc(-c3ccccc3)cc2)c(O)c1. The molecule has 5 rings (SSSR count). The maximum Gasteiger partial charge on any atom is 0.123 e. The Morgan fingerprint density at radius 3 is 2.24 bits per heavy atom. The van der Waals surface area contributed by atoms with Crippen molar-refractivity contribution >= 4 is 22.9 Å². The lowest BCUT2D eigenvalue weighted by atomic mass is 9.87. The van der Waals surface area contributed by atoms with Gasteiger partial charge in [0.1, 0.15) is 11.6 Å². The van der Waals surface area contributed by atoms with E-state index in [-0.39, 0.29) is 30.1 Å². The summed E-state index contributed by atoms with van der Waals surface area (Å²) >= 11 is 5.88. The Morgan fingerprint density at radius 2 is 1.58 bits per heavy atom. The van der Waals surface area contributed by atoms with Crippen molar-refractivity contribution in [3.63, 3.8) is 0 Å². The number of aromatic hydroxyl groups is 1. The van der Waals surface area contributed by atoms with Gasteiger partial charge >= 0.3 is 0 Å². The van der Waals surface area contributed by atoms with Crippen LogP contribution in [0.25, 0.3) is 11.1 Å². The second-order valence-electron chi connectivity index (χ2n) is 9.78. The van der Waals surface area contributed by atoms with Gasteiger partial charge in [0.05, 0.1) is 23.7 Å². The summed E-state index contributed by atoms with van der Waals surface area (Å²) in [5, 5.41) is 31.3. The lowest BCUT2D eigenvalue weighted by Crippen LogP contribution is -2.28. The Kier molecular flexibility index (Phi) is 7.84. The predicted octanol–water partition coefficient (Wildman–Crippen LogP) is 7.10. The number of aliphatic hydroxyl groups excluding tert-OH is 2. The second kappa shape index (κ2) is 11.4. The van der Waals surface area contributed by atoms with Gasteiger partial charge in [-0.05, 0) is 71.3 Å². The highest BCUT2D eigenvalue weighted by molar-refractivity contribution is 7.80. The highest BCUT2D eigenvalue weighted by atomic mass is 32.1. The molecule has 0 spiro atoms. The van der Waals surface area contributed by atoms with Gasteiger partial charge in [0.25, 0.3) is 0 Å². The quantitative estimate of drug-likeness (QED) is 0.213. The van der Waals surface area contributed by atoms with Crippen LogP contribution < -0.4 is 4.90 Å². The Hall–Kier alpha value is -3.58. The van der Waals surface area contributed by atoms with Gasteiger partial charge in [0, 0.05) is 17.7 Å². The standard InChI is InChI=1S/C32H30FNO3S/c33-26-12-7-24(8-13-26)29(36)17-11-25-19-31(38)34(32(25)28-16-6-21(20-35)18-30(28)37)27-14-9-23(10-15-27)22-4-2-1-3-5-22/h1-10,12-16,18,25,29,32,35-37H,11,17,19-20H2/t25-,29?,32+/m1/s1. The van der Waals surface area contributed by atoms with Gasteiger partial charge in [-0.2, -0.15) is 0 Å². The molecule has 3 N–H and O–H groups in total. The van der Waals surface area contributed by atoms with Crippen LogP contribution in [0.15, 0.2) is 97.1 Å². The molecule has 4 nitrogen and oxygen atoms in total. The van der Waals surface area contributed by atoms with Crippen LogP contribution in [-0.2, 0) is 6.61 Å². The molecule has 1 aliphatic rings. The molecule has 1 fully saturated rings. The first kappa shape index (κ1) is 26.0. The van der Waals surface area contributed by atoms with Crippen molar-refractivity contribution in [1.82, 2.24) is 0 Å². The van der Waals surface area contributed by atoms with Crippen LogP contribution >= 0.6 is 12.2 Å². The monoisotopic (exact) mass is 527 g/mol. The Labute approximate surface area is 227 Å². The molecule has 0 bridgehead atoms. The molecule has 194 valence electrons. The van der Waals surface area contributed by atoms with Gasteiger partial charge in [-0.25, -0.2) is 4.39 Å². The first-order chi connectivity index (χ1) is 18.4. The molecule has 0 radical (unpaired) electrons. The average Bonchev–Trinajstić information content (AvgIpc) is 3.28. The highest BCUT2D eigenvalue weighted by Gasteiger charge is 2.40. The number of aliphatic hydroxyl groups is 2. The Bertz CT molecular complexity index is 1390. The maximum absolute atomic E-state index is 13.3. The van der Waals surface area contributed by atoms with Crippen molar-refractivity contribution in [3.8, 4) is 16.9 Å². The zero-order valence-corrected chi connectivity index (χ0v) is 21.7. The van der Waals surface area contributed by atoms with Gasteiger partial charge < -0.3 is 20.2 Å². The van der Waals surface area contributed by atoms with E-state index in [0.717, 1.165) is 27.4 Å². The van der Waals surface area contributed by atoms with Crippen molar-refractivity contribution in [2.45, 2.75) is 38.0 Å². The summed E-state index contributed by atoms with van der Waals surface area (Å²) in [5.74, 6) is -0.184. The topological polar surface area (TPSA) is 63.9 Å². The molecule has 3 atom stereocenters. The molecular formula is C32H30FNO3S. The number of nitrogens with zero attached hydrogens (tertiary/aromatic N) is 1. The summed E-state index contributed by atoms with van der Waals surface area (Å²) in [6.45, 7) is -0.158. The molecule has 1 saturated heterocycles. The smallest absolute Gasteiger partial charge is 0.123 e. The molecule has 1 aliphatic heterocycles. The average molecular weight is 528 g/mol. The van der Waals surface area contributed by atoms with Crippen molar-refractivity contribution in [2.24, 2.45) is 5.92 Å². The molecule has 1 unspecified atom stereocenters. The lowest BCUT2D eigenvalue weighted by molar-refractivity contribution is 0.155. The molecule has 6 heteroatoms. The molecule has 4 aromatic carbocycles. The molecule has 0 aliphatic carbocycles. The van der Waals surface area contributed by atoms with E-state index in [1.807, 2.05) is 30.3 Å². The Balaban J connectivity index is 1.45. The van der Waals surface area contributed by atoms with E-state index in [0.29, 0.717) is 30.4 Å². The van der Waals surface area contributed by atoms with Crippen molar-refractivity contribution < 1.29 is 19.7 Å². The zero-order valence-electron chi connectivity index (χ0n) is 20.9. The minimum absolute atomic E-state index is 0.0391. The van der Waals surface area contributed by atoms with E-state index >= 15 is 0 Å². The number of anilines is 1. The predicted molar refractivity (Wildman–Crippen MR) is 152 cm³/mol. The largest absolute Gasteiger partial charge is 0.508 e. The van der Waals surface area contributed by atoms with Crippen LogP contribution in [0.1, 0.15) is 48.1 Å². The number of phenols is 1. The van der Waals surface area contributed by atoms with Crippen molar-refractivity contribution in [2.75, 3.05) is 4.90 Å². The summed E-state index contributed by atoms with van der Waals surface area (Å²) < 4.78 is 13.3. The first-order valence-electron chi connectivity index (χ1n) is 12.8. The third-order valence-electron chi connectivity index (χ3n) is 7.34. The molecule has 38 heavy (non-hydrogen) atoms. The van der Waals surface area contributed by atoms with Crippen LogP contribution in [-0.4, -0.2) is 20.3 Å². The summed E-state index contributed by atoms with van der Waals surface area (Å²) in [6.07, 6.45) is 1.04. The summed E-state index contributed by atoms with van der Waals surface area (Å²) in [5.41, 5.74) is 5.21. The number of rotatable bonds is 8. The number of benzene rings is 4. The van der Waals surface area contributed by atoms with Crippen molar-refractivity contribution in [1.29, 1.82) is 0 Å². The molecule has 0 saturated carbocycles. The van der Waals surface area contributed by atoms with Crippen LogP contribution in [0, 0.1) is 11.7 Å². The van der Waals surface area contributed by atoms with E-state index in [4.69, 9.17) is 12.2 Å². The number of hydrogen-bond donors (Lipinski definition) is 3. The fourth-order valence-corrected chi connectivity index (χ4v) is 5.80. The van der Waals surface area contributed by atoms with Crippen LogP contribution in [0.2, 0.25) is 0 Å². The second-order valence-corrected chi connectivity index (χ2v) is 10.3. The summed E-state index contributed by atoms with van der Waals surface area (Å²) in [6, 6.07) is 29.4. The number of hydrogen-bond acceptors (Lipinski definition) is 4. The van der Waals surface area contributed by atoms with Gasteiger partial charge in [0.2, 0.25) is 0 Å². The van der Waals surface area contributed by atoms with Crippen LogP contribution in [0.3, 0.4) is 0 Å². The van der Waals surface area contributed by atoms with E-state index in [1.54, 1.807) is 18.2 Å². The van der Waals surface area contributed by atoms with Gasteiger partial charge in [-0.3, -0.25) is 0 Å². The number of thiocarbonyl (C=S) groups is 1. The first-order valence-corrected chi connectivity index (χ1v) is 13.2. The molecule has 0 amide bonds. The highest BCUT2D eigenvalue weighted by Crippen LogP contribution is 2.47. The van der Waals surface area contributed by atoms with Crippen LogP contribution in [0.4, 0.5) is 10.1 Å². The Morgan fingerprint density at radius 1 is 0.895 bits per heavy atom. The van der Waals surface area contributed by atoms with Gasteiger partial charge in [-0.15, -0.1) is 0 Å². The lowest BCUT2D eigenvalue weighted by Gasteiger charge is -2.31. The fraction of sp³-hybridized carbons (Fsp3) is 0.219. The fourth-order valence-electron chi connectivity index (χ4n) is 5.36. The summed E-state index contributed by atoms with van der Waals surface area (Å²) in [7, 11) is 0. The molecule has 0 aromatic heterocycles.